The first-order chi connectivity index (χ1) is 10.7. The molecule has 118 valence electrons. The van der Waals surface area contributed by atoms with Gasteiger partial charge in [0.25, 0.3) is 5.91 Å². The van der Waals surface area contributed by atoms with E-state index in [4.69, 9.17) is 9.47 Å². The van der Waals surface area contributed by atoms with Gasteiger partial charge in [-0.25, -0.2) is 0 Å². The number of nitrogens with zero attached hydrogens (tertiary/aromatic N) is 1. The van der Waals surface area contributed by atoms with Crippen LogP contribution in [0.15, 0.2) is 24.3 Å². The molecule has 0 radical (unpaired) electrons. The van der Waals surface area contributed by atoms with E-state index in [-0.39, 0.29) is 17.8 Å². The molecule has 0 bridgehead atoms. The van der Waals surface area contributed by atoms with Crippen molar-refractivity contribution in [1.82, 2.24) is 4.90 Å². The zero-order chi connectivity index (χ0) is 15.5. The summed E-state index contributed by atoms with van der Waals surface area (Å²) in [5.41, 5.74) is 1.07. The molecule has 0 spiro atoms. The van der Waals surface area contributed by atoms with Gasteiger partial charge in [0.1, 0.15) is 5.75 Å². The van der Waals surface area contributed by atoms with Gasteiger partial charge in [-0.3, -0.25) is 9.59 Å². The fourth-order valence-electron chi connectivity index (χ4n) is 3.15. The quantitative estimate of drug-likeness (QED) is 0.799. The highest BCUT2D eigenvalue weighted by Crippen LogP contribution is 2.30. The van der Waals surface area contributed by atoms with Gasteiger partial charge in [-0.2, -0.15) is 0 Å². The molecule has 2 unspecified atom stereocenters. The lowest BCUT2D eigenvalue weighted by Crippen LogP contribution is -2.48. The van der Waals surface area contributed by atoms with Crippen molar-refractivity contribution in [2.75, 3.05) is 19.7 Å². The van der Waals surface area contributed by atoms with Crippen molar-refractivity contribution in [3.05, 3.63) is 29.8 Å². The van der Waals surface area contributed by atoms with Crippen LogP contribution in [0.2, 0.25) is 0 Å². The maximum absolute atomic E-state index is 12.6. The first-order valence-electron chi connectivity index (χ1n) is 7.89. The molecule has 0 aliphatic carbocycles. The van der Waals surface area contributed by atoms with Crippen molar-refractivity contribution in [3.63, 3.8) is 0 Å². The zero-order valence-corrected chi connectivity index (χ0v) is 12.8. The van der Waals surface area contributed by atoms with E-state index in [2.05, 4.69) is 0 Å². The van der Waals surface area contributed by atoms with Crippen LogP contribution in [0, 0.1) is 5.92 Å². The van der Waals surface area contributed by atoms with E-state index >= 15 is 0 Å². The van der Waals surface area contributed by atoms with Crippen LogP contribution >= 0.6 is 0 Å². The summed E-state index contributed by atoms with van der Waals surface area (Å²) >= 11 is 0. The van der Waals surface area contributed by atoms with Gasteiger partial charge in [0.05, 0.1) is 12.5 Å². The average molecular weight is 303 g/mol. The zero-order valence-electron chi connectivity index (χ0n) is 12.8. The smallest absolute Gasteiger partial charge is 0.310 e. The second kappa shape index (κ2) is 6.38. The number of amides is 1. The number of carbonyl (C=O) groups excluding carboxylic acids is 2. The number of fused-ring (bicyclic) bond motifs is 1. The number of benzene rings is 1. The number of hydrogen-bond donors (Lipinski definition) is 0. The Balaban J connectivity index is 1.62. The number of rotatable bonds is 3. The fraction of sp³-hybridized carbons (Fsp3) is 0.529. The number of likely N-dealkylation sites (tertiary alicyclic amines) is 1. The van der Waals surface area contributed by atoms with Gasteiger partial charge in [-0.15, -0.1) is 0 Å². The highest BCUT2D eigenvalue weighted by atomic mass is 16.5. The van der Waals surface area contributed by atoms with Crippen LogP contribution < -0.4 is 4.74 Å². The van der Waals surface area contributed by atoms with Crippen LogP contribution in [-0.2, 0) is 20.7 Å². The molecule has 2 aliphatic rings. The van der Waals surface area contributed by atoms with Crippen LogP contribution in [0.1, 0.15) is 25.3 Å². The molecule has 2 atom stereocenters. The molecule has 1 fully saturated rings. The summed E-state index contributed by atoms with van der Waals surface area (Å²) in [6.45, 7) is 3.30. The maximum Gasteiger partial charge on any atom is 0.310 e. The van der Waals surface area contributed by atoms with Crippen LogP contribution in [0.25, 0.3) is 0 Å². The number of piperidine rings is 1. The molecular weight excluding hydrogens is 282 g/mol. The molecule has 0 aromatic heterocycles. The fourth-order valence-corrected chi connectivity index (χ4v) is 3.15. The lowest BCUT2D eigenvalue weighted by molar-refractivity contribution is -0.152. The summed E-state index contributed by atoms with van der Waals surface area (Å²) in [6, 6.07) is 7.73. The first kappa shape index (κ1) is 14.9. The molecule has 1 aromatic rings. The van der Waals surface area contributed by atoms with Gasteiger partial charge >= 0.3 is 5.97 Å². The summed E-state index contributed by atoms with van der Waals surface area (Å²) in [5.74, 6) is 0.363. The van der Waals surface area contributed by atoms with E-state index in [0.29, 0.717) is 26.1 Å². The van der Waals surface area contributed by atoms with Gasteiger partial charge in [0.2, 0.25) is 0 Å². The molecule has 2 heterocycles. The Morgan fingerprint density at radius 1 is 1.36 bits per heavy atom. The van der Waals surface area contributed by atoms with Crippen molar-refractivity contribution in [3.8, 4) is 5.75 Å². The third-order valence-corrected chi connectivity index (χ3v) is 4.28. The molecule has 5 heteroatoms. The normalized spacial score (nSPS) is 23.6. The molecule has 1 aromatic carbocycles. The highest BCUT2D eigenvalue weighted by Gasteiger charge is 2.36. The molecule has 0 saturated carbocycles. The van der Waals surface area contributed by atoms with Gasteiger partial charge in [0, 0.05) is 19.5 Å². The number of carbonyl (C=O) groups is 2. The molecular formula is C17H21NO4. The van der Waals surface area contributed by atoms with E-state index < -0.39 is 6.10 Å². The minimum Gasteiger partial charge on any atom is -0.480 e. The van der Waals surface area contributed by atoms with Crippen molar-refractivity contribution >= 4 is 11.9 Å². The minimum absolute atomic E-state index is 0.0230. The Morgan fingerprint density at radius 2 is 2.18 bits per heavy atom. The monoisotopic (exact) mass is 303 g/mol. The van der Waals surface area contributed by atoms with Crippen molar-refractivity contribution in [1.29, 1.82) is 0 Å². The number of para-hydroxylation sites is 1. The first-order valence-corrected chi connectivity index (χ1v) is 7.89. The lowest BCUT2D eigenvalue weighted by Gasteiger charge is -2.32. The van der Waals surface area contributed by atoms with Gasteiger partial charge in [0.15, 0.2) is 6.10 Å². The van der Waals surface area contributed by atoms with Crippen molar-refractivity contribution < 1.29 is 19.1 Å². The Labute approximate surface area is 130 Å². The van der Waals surface area contributed by atoms with E-state index in [9.17, 15) is 9.59 Å². The van der Waals surface area contributed by atoms with Crippen molar-refractivity contribution in [2.45, 2.75) is 32.3 Å². The van der Waals surface area contributed by atoms with Gasteiger partial charge in [-0.05, 0) is 31.4 Å². The van der Waals surface area contributed by atoms with Crippen LogP contribution in [0.5, 0.6) is 5.75 Å². The Kier molecular flexibility index (Phi) is 4.32. The second-order valence-electron chi connectivity index (χ2n) is 5.79. The standard InChI is InChI=1S/C17H21NO4/c1-2-21-17(20)13-7-5-9-18(11-13)16(19)15-10-12-6-3-4-8-14(12)22-15/h3-4,6,8,13,15H,2,5,7,9-11H2,1H3. The summed E-state index contributed by atoms with van der Waals surface area (Å²) in [7, 11) is 0. The second-order valence-corrected chi connectivity index (χ2v) is 5.79. The summed E-state index contributed by atoms with van der Waals surface area (Å²) < 4.78 is 10.8. The van der Waals surface area contributed by atoms with E-state index in [0.717, 1.165) is 24.2 Å². The minimum atomic E-state index is -0.460. The molecule has 22 heavy (non-hydrogen) atoms. The van der Waals surface area contributed by atoms with Crippen LogP contribution in [0.3, 0.4) is 0 Å². The lowest BCUT2D eigenvalue weighted by atomic mass is 9.97. The van der Waals surface area contributed by atoms with Gasteiger partial charge in [-0.1, -0.05) is 18.2 Å². The topological polar surface area (TPSA) is 55.8 Å². The highest BCUT2D eigenvalue weighted by molar-refractivity contribution is 5.83. The van der Waals surface area contributed by atoms with Crippen LogP contribution in [-0.4, -0.2) is 42.6 Å². The number of esters is 1. The summed E-state index contributed by atoms with van der Waals surface area (Å²) in [4.78, 5) is 26.3. The third-order valence-electron chi connectivity index (χ3n) is 4.28. The molecule has 1 saturated heterocycles. The molecule has 2 aliphatic heterocycles. The Hall–Kier alpha value is -2.04. The summed E-state index contributed by atoms with van der Waals surface area (Å²) in [6.07, 6.45) is 1.76. The summed E-state index contributed by atoms with van der Waals surface area (Å²) in [5, 5.41) is 0. The van der Waals surface area contributed by atoms with Crippen LogP contribution in [0.4, 0.5) is 0 Å². The average Bonchev–Trinajstić information content (AvgIpc) is 2.98. The van der Waals surface area contributed by atoms with E-state index in [1.165, 1.54) is 0 Å². The Morgan fingerprint density at radius 3 is 2.95 bits per heavy atom. The predicted molar refractivity (Wildman–Crippen MR) is 80.5 cm³/mol. The number of hydrogen-bond acceptors (Lipinski definition) is 4. The SMILES string of the molecule is CCOC(=O)C1CCCN(C(=O)C2Cc3ccccc3O2)C1. The number of ether oxygens (including phenoxy) is 2. The van der Waals surface area contributed by atoms with E-state index in [1.54, 1.807) is 11.8 Å². The maximum atomic E-state index is 12.6. The molecule has 3 rings (SSSR count). The largest absolute Gasteiger partial charge is 0.480 e. The third kappa shape index (κ3) is 2.93. The molecule has 5 nitrogen and oxygen atoms in total. The van der Waals surface area contributed by atoms with E-state index in [1.807, 2.05) is 24.3 Å². The molecule has 0 N–H and O–H groups in total. The Bertz CT molecular complexity index is 547. The predicted octanol–water partition coefficient (Wildman–Crippen LogP) is 1.79. The molecule has 1 amide bonds. The van der Waals surface area contributed by atoms with Crippen molar-refractivity contribution in [2.24, 2.45) is 5.92 Å². The van der Waals surface area contributed by atoms with Gasteiger partial charge < -0.3 is 14.4 Å².